The van der Waals surface area contributed by atoms with Crippen LogP contribution in [-0.2, 0) is 0 Å². The summed E-state index contributed by atoms with van der Waals surface area (Å²) in [6.07, 6.45) is 2.86. The van der Waals surface area contributed by atoms with Crippen molar-refractivity contribution in [3.63, 3.8) is 0 Å². The smallest absolute Gasteiger partial charge is 0.235 e. The van der Waals surface area contributed by atoms with Crippen molar-refractivity contribution in [2.24, 2.45) is 0 Å². The largest absolute Gasteiger partial charge is 0.480 e. The van der Waals surface area contributed by atoms with Crippen LogP contribution in [0, 0.1) is 6.92 Å². The van der Waals surface area contributed by atoms with Crippen LogP contribution in [0.3, 0.4) is 0 Å². The maximum Gasteiger partial charge on any atom is 0.235 e. The molecule has 0 atom stereocenters. The molecular formula is C6H8N2O. The summed E-state index contributed by atoms with van der Waals surface area (Å²) in [6, 6.07) is 0. The van der Waals surface area contributed by atoms with E-state index in [-0.39, 0.29) is 5.88 Å². The zero-order valence-corrected chi connectivity index (χ0v) is 4.96. The molecule has 0 fully saturated rings. The molecule has 3 heteroatoms. The van der Waals surface area contributed by atoms with Crippen LogP contribution in [0.15, 0.2) is 12.4 Å². The Morgan fingerprint density at radius 2 is 2.33 bits per heavy atom. The van der Waals surface area contributed by atoms with E-state index in [0.29, 0.717) is 5.69 Å². The van der Waals surface area contributed by atoms with Gasteiger partial charge in [-0.15, -0.1) is 0 Å². The van der Waals surface area contributed by atoms with Crippen LogP contribution in [0.25, 0.3) is 0 Å². The van der Waals surface area contributed by atoms with Crippen LogP contribution in [0.2, 0.25) is 0 Å². The van der Waals surface area contributed by atoms with Gasteiger partial charge >= 0.3 is 0 Å². The fourth-order valence-corrected chi connectivity index (χ4v) is 0.495. The van der Waals surface area contributed by atoms with Gasteiger partial charge in [-0.1, -0.05) is 0 Å². The van der Waals surface area contributed by atoms with Gasteiger partial charge in [0, 0.05) is 12.4 Å². The molecule has 1 aromatic heterocycles. The number of nitrogens with zero attached hydrogens (tertiary/aromatic N) is 2. The molecule has 48 valence electrons. The van der Waals surface area contributed by atoms with Gasteiger partial charge in [0.25, 0.3) is 0 Å². The summed E-state index contributed by atoms with van der Waals surface area (Å²) in [5, 5.41) is 0. The minimum atomic E-state index is -2.46. The number of aromatic nitrogens is 2. The number of ether oxygens (including phenoxy) is 1. The van der Waals surface area contributed by atoms with Crippen molar-refractivity contribution < 1.29 is 8.85 Å². The number of hydrogen-bond donors (Lipinski definition) is 0. The van der Waals surface area contributed by atoms with Gasteiger partial charge in [0.2, 0.25) is 5.88 Å². The summed E-state index contributed by atoms with van der Waals surface area (Å²) in [7, 11) is -2.46. The molecule has 0 aliphatic rings. The average molecular weight is 127 g/mol. The van der Waals surface area contributed by atoms with E-state index in [4.69, 9.17) is 4.11 Å². The van der Waals surface area contributed by atoms with Crippen LogP contribution in [0.4, 0.5) is 0 Å². The Bertz CT molecular complexity index is 274. The standard InChI is InChI=1S/C6H8N2O/c1-5-6(9-2)8-4-3-7-5/h3-4H,1-2H3/i2D3. The average Bonchev–Trinajstić information content (AvgIpc) is 1.91. The predicted molar refractivity (Wildman–Crippen MR) is 33.3 cm³/mol. The highest BCUT2D eigenvalue weighted by Gasteiger charge is 1.94. The Hall–Kier alpha value is -1.12. The van der Waals surface area contributed by atoms with Gasteiger partial charge in [0.15, 0.2) is 0 Å². The third kappa shape index (κ3) is 1.16. The van der Waals surface area contributed by atoms with E-state index in [1.54, 1.807) is 6.92 Å². The fourth-order valence-electron chi connectivity index (χ4n) is 0.495. The van der Waals surface area contributed by atoms with Crippen molar-refractivity contribution in [2.45, 2.75) is 6.92 Å². The topological polar surface area (TPSA) is 35.0 Å². The van der Waals surface area contributed by atoms with E-state index < -0.39 is 7.04 Å². The molecule has 9 heavy (non-hydrogen) atoms. The summed E-state index contributed by atoms with van der Waals surface area (Å²) in [5.41, 5.74) is 0.466. The third-order valence-corrected chi connectivity index (χ3v) is 0.933. The highest BCUT2D eigenvalue weighted by molar-refractivity contribution is 5.14. The van der Waals surface area contributed by atoms with E-state index in [9.17, 15) is 0 Å². The lowest BCUT2D eigenvalue weighted by Gasteiger charge is -1.98. The monoisotopic (exact) mass is 127 g/mol. The lowest BCUT2D eigenvalue weighted by Crippen LogP contribution is -1.91. The zero-order chi connectivity index (χ0) is 9.19. The van der Waals surface area contributed by atoms with Crippen molar-refractivity contribution >= 4 is 0 Å². The molecular weight excluding hydrogens is 116 g/mol. The number of aryl methyl sites for hydroxylation is 1. The fraction of sp³-hybridized carbons (Fsp3) is 0.333. The van der Waals surface area contributed by atoms with Crippen molar-refractivity contribution in [3.8, 4) is 5.88 Å². The summed E-state index contributed by atoms with van der Waals surface area (Å²) >= 11 is 0. The molecule has 1 rings (SSSR count). The van der Waals surface area contributed by atoms with E-state index >= 15 is 0 Å². The SMILES string of the molecule is [2H]C([2H])([2H])Oc1nccnc1C. The molecule has 0 unspecified atom stereocenters. The molecule has 1 aromatic rings. The molecule has 0 saturated carbocycles. The molecule has 1 heterocycles. The second-order valence-electron chi connectivity index (χ2n) is 1.55. The first-order chi connectivity index (χ1) is 5.49. The Balaban J connectivity index is 2.83. The molecule has 0 aromatic carbocycles. The van der Waals surface area contributed by atoms with Gasteiger partial charge in [0.05, 0.1) is 16.8 Å². The number of rotatable bonds is 1. The maximum atomic E-state index is 6.81. The molecule has 3 nitrogen and oxygen atoms in total. The number of methoxy groups -OCH3 is 1. The molecule has 0 saturated heterocycles. The van der Waals surface area contributed by atoms with E-state index in [1.165, 1.54) is 12.4 Å². The second-order valence-corrected chi connectivity index (χ2v) is 1.55. The van der Waals surface area contributed by atoms with Crippen LogP contribution in [0.5, 0.6) is 5.88 Å². The molecule has 0 aliphatic heterocycles. The van der Waals surface area contributed by atoms with Crippen LogP contribution >= 0.6 is 0 Å². The summed E-state index contributed by atoms with van der Waals surface area (Å²) in [4.78, 5) is 7.54. The third-order valence-electron chi connectivity index (χ3n) is 0.933. The minimum Gasteiger partial charge on any atom is -0.480 e. The number of hydrogen-bond acceptors (Lipinski definition) is 3. The highest BCUT2D eigenvalue weighted by atomic mass is 16.5. The van der Waals surface area contributed by atoms with Gasteiger partial charge < -0.3 is 4.74 Å². The van der Waals surface area contributed by atoms with Crippen molar-refractivity contribution in [2.75, 3.05) is 7.04 Å². The molecule has 0 N–H and O–H groups in total. The zero-order valence-electron chi connectivity index (χ0n) is 7.96. The van der Waals surface area contributed by atoms with Gasteiger partial charge in [0.1, 0.15) is 0 Å². The molecule has 0 radical (unpaired) electrons. The van der Waals surface area contributed by atoms with E-state index in [1.807, 2.05) is 0 Å². The van der Waals surface area contributed by atoms with Gasteiger partial charge in [-0.05, 0) is 6.92 Å². The van der Waals surface area contributed by atoms with E-state index in [2.05, 4.69) is 14.7 Å². The van der Waals surface area contributed by atoms with Crippen molar-refractivity contribution in [3.05, 3.63) is 18.1 Å². The first-order valence-corrected chi connectivity index (χ1v) is 2.46. The van der Waals surface area contributed by atoms with Gasteiger partial charge in [-0.2, -0.15) is 0 Å². The van der Waals surface area contributed by atoms with Crippen LogP contribution in [0.1, 0.15) is 9.81 Å². The summed E-state index contributed by atoms with van der Waals surface area (Å²) in [6.45, 7) is 1.63. The van der Waals surface area contributed by atoms with Crippen LogP contribution in [-0.4, -0.2) is 17.0 Å². The maximum absolute atomic E-state index is 6.81. The normalized spacial score (nSPS) is 15.4. The molecule has 0 bridgehead atoms. The second kappa shape index (κ2) is 2.44. The summed E-state index contributed by atoms with van der Waals surface area (Å²) < 4.78 is 25.0. The molecule has 0 amide bonds. The minimum absolute atomic E-state index is 0.0532. The lowest BCUT2D eigenvalue weighted by molar-refractivity contribution is 0.391. The van der Waals surface area contributed by atoms with E-state index in [0.717, 1.165) is 0 Å². The van der Waals surface area contributed by atoms with Gasteiger partial charge in [-0.25, -0.2) is 4.98 Å². The Kier molecular flexibility index (Phi) is 0.853. The van der Waals surface area contributed by atoms with Crippen molar-refractivity contribution in [1.82, 2.24) is 9.97 Å². The van der Waals surface area contributed by atoms with Crippen molar-refractivity contribution in [1.29, 1.82) is 0 Å². The Labute approximate surface area is 57.9 Å². The van der Waals surface area contributed by atoms with Gasteiger partial charge in [-0.3, -0.25) is 4.98 Å². The first-order valence-electron chi connectivity index (χ1n) is 3.96. The molecule has 0 aliphatic carbocycles. The first kappa shape index (κ1) is 3.15. The Morgan fingerprint density at radius 3 is 3.00 bits per heavy atom. The Morgan fingerprint density at radius 1 is 1.56 bits per heavy atom. The summed E-state index contributed by atoms with van der Waals surface area (Å²) in [5.74, 6) is 0.0532. The highest BCUT2D eigenvalue weighted by Crippen LogP contribution is 2.06. The molecule has 0 spiro atoms. The predicted octanol–water partition coefficient (Wildman–Crippen LogP) is 0.794. The lowest BCUT2D eigenvalue weighted by atomic mass is 10.5. The quantitative estimate of drug-likeness (QED) is 0.559. The van der Waals surface area contributed by atoms with Crippen LogP contribution < -0.4 is 4.74 Å².